The Morgan fingerprint density at radius 2 is 1.79 bits per heavy atom. The molecule has 0 aliphatic heterocycles. The average Bonchev–Trinajstić information content (AvgIpc) is 2.46. The maximum atomic E-state index is 12.9. The van der Waals surface area contributed by atoms with E-state index in [9.17, 15) is 9.50 Å². The van der Waals surface area contributed by atoms with Crippen LogP contribution in [0, 0.1) is 17.7 Å². The molecular formula is C17H25FO. The van der Waals surface area contributed by atoms with E-state index in [4.69, 9.17) is 0 Å². The van der Waals surface area contributed by atoms with Crippen LogP contribution in [0.15, 0.2) is 24.3 Å². The van der Waals surface area contributed by atoms with E-state index in [1.54, 1.807) is 12.1 Å². The van der Waals surface area contributed by atoms with Gasteiger partial charge >= 0.3 is 0 Å². The van der Waals surface area contributed by atoms with E-state index < -0.39 is 6.10 Å². The third-order valence-corrected chi connectivity index (χ3v) is 4.52. The Kier molecular flexibility index (Phi) is 5.38. The fourth-order valence-corrected chi connectivity index (χ4v) is 3.22. The fraction of sp³-hybridized carbons (Fsp3) is 0.647. The first-order valence-electron chi connectivity index (χ1n) is 7.64. The lowest BCUT2D eigenvalue weighted by atomic mass is 9.76. The van der Waals surface area contributed by atoms with Gasteiger partial charge in [-0.1, -0.05) is 51.2 Å². The number of hydrogen-bond acceptors (Lipinski definition) is 1. The van der Waals surface area contributed by atoms with Crippen molar-refractivity contribution in [2.24, 2.45) is 11.8 Å². The highest BCUT2D eigenvalue weighted by Crippen LogP contribution is 2.38. The van der Waals surface area contributed by atoms with Gasteiger partial charge in [0, 0.05) is 0 Å². The Morgan fingerprint density at radius 3 is 2.37 bits per heavy atom. The highest BCUT2D eigenvalue weighted by atomic mass is 19.1. The van der Waals surface area contributed by atoms with Crippen LogP contribution >= 0.6 is 0 Å². The van der Waals surface area contributed by atoms with Crippen LogP contribution in [0.5, 0.6) is 0 Å². The van der Waals surface area contributed by atoms with Crippen LogP contribution in [0.1, 0.15) is 63.5 Å². The normalized spacial score (nSPS) is 25.2. The van der Waals surface area contributed by atoms with Crippen molar-refractivity contribution in [1.29, 1.82) is 0 Å². The van der Waals surface area contributed by atoms with Crippen molar-refractivity contribution in [1.82, 2.24) is 0 Å². The lowest BCUT2D eigenvalue weighted by molar-refractivity contribution is 0.0720. The summed E-state index contributed by atoms with van der Waals surface area (Å²) in [4.78, 5) is 0. The van der Waals surface area contributed by atoms with Crippen molar-refractivity contribution in [3.05, 3.63) is 35.6 Å². The summed E-state index contributed by atoms with van der Waals surface area (Å²) in [5.74, 6) is 0.971. The summed E-state index contributed by atoms with van der Waals surface area (Å²) >= 11 is 0. The Hall–Kier alpha value is -0.890. The molecule has 1 atom stereocenters. The smallest absolute Gasteiger partial charge is 0.123 e. The summed E-state index contributed by atoms with van der Waals surface area (Å²) in [6.45, 7) is 2.24. The third kappa shape index (κ3) is 4.04. The molecule has 0 saturated heterocycles. The Balaban J connectivity index is 1.85. The van der Waals surface area contributed by atoms with Crippen LogP contribution in [0.2, 0.25) is 0 Å². The zero-order chi connectivity index (χ0) is 13.7. The van der Waals surface area contributed by atoms with E-state index in [2.05, 4.69) is 6.92 Å². The fourth-order valence-electron chi connectivity index (χ4n) is 3.22. The van der Waals surface area contributed by atoms with Crippen molar-refractivity contribution in [3.8, 4) is 0 Å². The van der Waals surface area contributed by atoms with Crippen molar-refractivity contribution < 1.29 is 9.50 Å². The average molecular weight is 264 g/mol. The number of benzene rings is 1. The number of unbranched alkanes of at least 4 members (excludes halogenated alkanes) is 1. The Labute approximate surface area is 115 Å². The third-order valence-electron chi connectivity index (χ3n) is 4.52. The van der Waals surface area contributed by atoms with Crippen molar-refractivity contribution >= 4 is 0 Å². The van der Waals surface area contributed by atoms with Gasteiger partial charge in [-0.3, -0.25) is 0 Å². The summed E-state index contributed by atoms with van der Waals surface area (Å²) in [6.07, 6.45) is 8.21. The molecule has 0 amide bonds. The van der Waals surface area contributed by atoms with E-state index in [-0.39, 0.29) is 5.82 Å². The molecule has 1 N–H and O–H groups in total. The molecular weight excluding hydrogens is 239 g/mol. The van der Waals surface area contributed by atoms with Crippen LogP contribution in [-0.2, 0) is 0 Å². The summed E-state index contributed by atoms with van der Waals surface area (Å²) in [6, 6.07) is 6.29. The number of rotatable bonds is 5. The summed E-state index contributed by atoms with van der Waals surface area (Å²) in [5.41, 5.74) is 0.860. The quantitative estimate of drug-likeness (QED) is 0.805. The van der Waals surface area contributed by atoms with E-state index >= 15 is 0 Å². The zero-order valence-electron chi connectivity index (χ0n) is 11.8. The van der Waals surface area contributed by atoms with Crippen LogP contribution in [0.3, 0.4) is 0 Å². The van der Waals surface area contributed by atoms with Gasteiger partial charge in [-0.15, -0.1) is 0 Å². The minimum atomic E-state index is -0.423. The minimum absolute atomic E-state index is 0.237. The highest BCUT2D eigenvalue weighted by Gasteiger charge is 2.26. The molecule has 2 heteroatoms. The monoisotopic (exact) mass is 264 g/mol. The van der Waals surface area contributed by atoms with Gasteiger partial charge in [0.25, 0.3) is 0 Å². The van der Waals surface area contributed by atoms with E-state index in [0.717, 1.165) is 24.3 Å². The van der Waals surface area contributed by atoms with Crippen LogP contribution in [-0.4, -0.2) is 5.11 Å². The van der Waals surface area contributed by atoms with Gasteiger partial charge in [0.2, 0.25) is 0 Å². The van der Waals surface area contributed by atoms with Gasteiger partial charge in [-0.25, -0.2) is 4.39 Å². The molecule has 1 nitrogen and oxygen atoms in total. The molecule has 0 bridgehead atoms. The van der Waals surface area contributed by atoms with Crippen molar-refractivity contribution in [2.45, 2.75) is 58.0 Å². The maximum Gasteiger partial charge on any atom is 0.123 e. The second-order valence-electron chi connectivity index (χ2n) is 5.92. The lowest BCUT2D eigenvalue weighted by Gasteiger charge is -2.31. The second-order valence-corrected chi connectivity index (χ2v) is 5.92. The topological polar surface area (TPSA) is 20.2 Å². The molecule has 1 aromatic rings. The van der Waals surface area contributed by atoms with Gasteiger partial charge in [-0.05, 0) is 42.4 Å². The van der Waals surface area contributed by atoms with Crippen LogP contribution in [0.4, 0.5) is 4.39 Å². The molecule has 0 radical (unpaired) electrons. The molecule has 19 heavy (non-hydrogen) atoms. The van der Waals surface area contributed by atoms with Gasteiger partial charge in [0.1, 0.15) is 5.82 Å². The maximum absolute atomic E-state index is 12.9. The van der Waals surface area contributed by atoms with E-state index in [1.807, 2.05) is 0 Å². The van der Waals surface area contributed by atoms with E-state index in [0.29, 0.717) is 5.92 Å². The molecule has 1 aliphatic rings. The van der Waals surface area contributed by atoms with Crippen LogP contribution in [0.25, 0.3) is 0 Å². The Bertz CT molecular complexity index is 365. The molecule has 1 aliphatic carbocycles. The largest absolute Gasteiger partial charge is 0.388 e. The van der Waals surface area contributed by atoms with Crippen molar-refractivity contribution in [3.63, 3.8) is 0 Å². The van der Waals surface area contributed by atoms with Gasteiger partial charge < -0.3 is 5.11 Å². The molecule has 1 unspecified atom stereocenters. The minimum Gasteiger partial charge on any atom is -0.388 e. The van der Waals surface area contributed by atoms with Crippen LogP contribution < -0.4 is 0 Å². The summed E-state index contributed by atoms with van der Waals surface area (Å²) in [5, 5.41) is 10.4. The molecule has 0 heterocycles. The predicted molar refractivity (Wildman–Crippen MR) is 76.3 cm³/mol. The Morgan fingerprint density at radius 1 is 1.16 bits per heavy atom. The SMILES string of the molecule is CCCCC1CCC(C(O)c2ccc(F)cc2)CC1. The predicted octanol–water partition coefficient (Wildman–Crippen LogP) is 4.86. The molecule has 2 rings (SSSR count). The van der Waals surface area contributed by atoms with Gasteiger partial charge in [0.15, 0.2) is 0 Å². The number of aliphatic hydroxyl groups is 1. The first-order valence-corrected chi connectivity index (χ1v) is 7.64. The summed E-state index contributed by atoms with van der Waals surface area (Å²) < 4.78 is 12.9. The molecule has 0 aromatic heterocycles. The standard InChI is InChI=1S/C17H25FO/c1-2-3-4-13-5-7-14(8-6-13)17(19)15-9-11-16(18)12-10-15/h9-14,17,19H,2-8H2,1H3. The number of halogens is 1. The van der Waals surface area contributed by atoms with E-state index in [1.165, 1.54) is 44.2 Å². The number of hydrogen-bond donors (Lipinski definition) is 1. The van der Waals surface area contributed by atoms with Crippen molar-refractivity contribution in [2.75, 3.05) is 0 Å². The molecule has 106 valence electrons. The molecule has 1 aromatic carbocycles. The molecule has 1 fully saturated rings. The first-order chi connectivity index (χ1) is 9.20. The lowest BCUT2D eigenvalue weighted by Crippen LogP contribution is -2.20. The van der Waals surface area contributed by atoms with Gasteiger partial charge in [0.05, 0.1) is 6.10 Å². The zero-order valence-corrected chi connectivity index (χ0v) is 11.8. The van der Waals surface area contributed by atoms with Gasteiger partial charge in [-0.2, -0.15) is 0 Å². The highest BCUT2D eigenvalue weighted by molar-refractivity contribution is 5.19. The first kappa shape index (κ1) is 14.5. The molecule has 1 saturated carbocycles. The summed E-state index contributed by atoms with van der Waals surface area (Å²) in [7, 11) is 0. The second kappa shape index (κ2) is 7.04. The number of aliphatic hydroxyl groups excluding tert-OH is 1. The molecule has 0 spiro atoms.